The van der Waals surface area contributed by atoms with E-state index in [1.54, 1.807) is 12.1 Å². The maximum absolute atomic E-state index is 14.2. The zero-order chi connectivity index (χ0) is 18.3. The van der Waals surface area contributed by atoms with Gasteiger partial charge in [-0.05, 0) is 56.7 Å². The number of hydrogen-bond donors (Lipinski definition) is 2. The normalized spacial score (nSPS) is 31.2. The zero-order valence-corrected chi connectivity index (χ0v) is 14.8. The van der Waals surface area contributed by atoms with Gasteiger partial charge in [-0.1, -0.05) is 0 Å². The summed E-state index contributed by atoms with van der Waals surface area (Å²) in [6.07, 6.45) is 3.92. The van der Waals surface area contributed by atoms with Crippen LogP contribution in [0.4, 0.5) is 20.6 Å². The molecule has 3 fully saturated rings. The molecule has 7 heteroatoms. The van der Waals surface area contributed by atoms with E-state index in [-0.39, 0.29) is 36.2 Å². The highest BCUT2D eigenvalue weighted by atomic mass is 19.1. The maximum Gasteiger partial charge on any atom is 0.410 e. The van der Waals surface area contributed by atoms with Gasteiger partial charge in [0.15, 0.2) is 0 Å². The lowest BCUT2D eigenvalue weighted by atomic mass is 10.0. The van der Waals surface area contributed by atoms with Crippen LogP contribution in [0.15, 0.2) is 18.2 Å². The van der Waals surface area contributed by atoms with Crippen molar-refractivity contribution in [2.45, 2.75) is 62.8 Å². The smallest absolute Gasteiger partial charge is 0.410 e. The molecule has 1 aromatic carbocycles. The SMILES string of the molecule is Nc1ccc(N2CCCC(OC(=O)N3C4CCC3CC(O)C4)C2)c(F)c1. The molecule has 0 radical (unpaired) electrons. The first kappa shape index (κ1) is 17.4. The summed E-state index contributed by atoms with van der Waals surface area (Å²) in [5.74, 6) is -0.347. The number of benzene rings is 1. The van der Waals surface area contributed by atoms with Crippen molar-refractivity contribution in [2.75, 3.05) is 23.7 Å². The number of hydrogen-bond acceptors (Lipinski definition) is 5. The van der Waals surface area contributed by atoms with E-state index in [2.05, 4.69) is 0 Å². The first-order chi connectivity index (χ1) is 12.5. The molecule has 142 valence electrons. The summed E-state index contributed by atoms with van der Waals surface area (Å²) < 4.78 is 20.0. The van der Waals surface area contributed by atoms with Crippen LogP contribution >= 0.6 is 0 Å². The van der Waals surface area contributed by atoms with E-state index in [0.29, 0.717) is 30.8 Å². The van der Waals surface area contributed by atoms with Crippen molar-refractivity contribution in [3.8, 4) is 0 Å². The molecule has 0 saturated carbocycles. The molecule has 0 aromatic heterocycles. The highest BCUT2D eigenvalue weighted by Gasteiger charge is 2.44. The van der Waals surface area contributed by atoms with Crippen LogP contribution in [0.25, 0.3) is 0 Å². The Morgan fingerprint density at radius 2 is 1.96 bits per heavy atom. The second-order valence-electron chi connectivity index (χ2n) is 7.72. The number of anilines is 2. The van der Waals surface area contributed by atoms with Gasteiger partial charge in [0.1, 0.15) is 11.9 Å². The van der Waals surface area contributed by atoms with Crippen LogP contribution in [0.2, 0.25) is 0 Å². The van der Waals surface area contributed by atoms with Gasteiger partial charge in [-0.25, -0.2) is 9.18 Å². The summed E-state index contributed by atoms with van der Waals surface area (Å²) in [7, 11) is 0. The molecule has 1 amide bonds. The number of halogens is 1. The number of piperidine rings is 2. The molecule has 2 bridgehead atoms. The van der Waals surface area contributed by atoms with Crippen LogP contribution < -0.4 is 10.6 Å². The Morgan fingerprint density at radius 3 is 2.65 bits per heavy atom. The Kier molecular flexibility index (Phi) is 4.65. The van der Waals surface area contributed by atoms with Crippen LogP contribution in [0.5, 0.6) is 0 Å². The third-order valence-electron chi connectivity index (χ3n) is 5.88. The van der Waals surface area contributed by atoms with Crippen LogP contribution in [-0.2, 0) is 4.74 Å². The second-order valence-corrected chi connectivity index (χ2v) is 7.72. The summed E-state index contributed by atoms with van der Waals surface area (Å²) >= 11 is 0. The lowest BCUT2D eigenvalue weighted by molar-refractivity contribution is 0.00640. The van der Waals surface area contributed by atoms with Crippen LogP contribution in [0.3, 0.4) is 0 Å². The molecule has 0 spiro atoms. The summed E-state index contributed by atoms with van der Waals surface area (Å²) in [5, 5.41) is 9.89. The molecular weight excluding hydrogens is 337 g/mol. The summed E-state index contributed by atoms with van der Waals surface area (Å²) in [5.41, 5.74) is 6.52. The summed E-state index contributed by atoms with van der Waals surface area (Å²) in [6.45, 7) is 1.22. The van der Waals surface area contributed by atoms with E-state index in [9.17, 15) is 14.3 Å². The number of ether oxygens (including phenoxy) is 1. The minimum Gasteiger partial charge on any atom is -0.444 e. The molecule has 3 unspecified atom stereocenters. The quantitative estimate of drug-likeness (QED) is 0.790. The number of carbonyl (C=O) groups excluding carboxylic acids is 1. The zero-order valence-electron chi connectivity index (χ0n) is 14.8. The Bertz CT molecular complexity index is 672. The van der Waals surface area contributed by atoms with Gasteiger partial charge in [-0.2, -0.15) is 0 Å². The van der Waals surface area contributed by atoms with Gasteiger partial charge in [0, 0.05) is 24.3 Å². The molecule has 3 saturated heterocycles. The van der Waals surface area contributed by atoms with Crippen molar-refractivity contribution in [3.05, 3.63) is 24.0 Å². The van der Waals surface area contributed by atoms with Crippen LogP contribution in [0, 0.1) is 5.82 Å². The fourth-order valence-corrected chi connectivity index (χ4v) is 4.68. The lowest BCUT2D eigenvalue weighted by Crippen LogP contribution is -2.50. The summed E-state index contributed by atoms with van der Waals surface area (Å²) in [6, 6.07) is 4.86. The Morgan fingerprint density at radius 1 is 1.23 bits per heavy atom. The topological polar surface area (TPSA) is 79.0 Å². The van der Waals surface area contributed by atoms with Crippen molar-refractivity contribution in [1.82, 2.24) is 4.90 Å². The number of nitrogen functional groups attached to an aromatic ring is 1. The third kappa shape index (κ3) is 3.32. The van der Waals surface area contributed by atoms with Crippen molar-refractivity contribution in [2.24, 2.45) is 0 Å². The molecular formula is C19H26FN3O3. The standard InChI is InChI=1S/C19H26FN3O3/c20-17-8-12(21)3-6-18(17)22-7-1-2-16(11-22)26-19(25)23-13-4-5-14(23)10-15(24)9-13/h3,6,8,13-16,24H,1-2,4-5,7,9-11,21H2. The third-order valence-corrected chi connectivity index (χ3v) is 5.88. The van der Waals surface area contributed by atoms with Crippen LogP contribution in [-0.4, -0.2) is 53.5 Å². The van der Waals surface area contributed by atoms with Crippen molar-refractivity contribution in [1.29, 1.82) is 0 Å². The number of nitrogens with zero attached hydrogens (tertiary/aromatic N) is 2. The van der Waals surface area contributed by atoms with E-state index in [1.165, 1.54) is 6.07 Å². The van der Waals surface area contributed by atoms with Gasteiger partial charge in [-0.15, -0.1) is 0 Å². The number of aliphatic hydroxyl groups is 1. The van der Waals surface area contributed by atoms with E-state index in [1.807, 2.05) is 9.80 Å². The largest absolute Gasteiger partial charge is 0.444 e. The molecule has 26 heavy (non-hydrogen) atoms. The number of fused-ring (bicyclic) bond motifs is 2. The van der Waals surface area contributed by atoms with Gasteiger partial charge in [-0.3, -0.25) is 0 Å². The van der Waals surface area contributed by atoms with E-state index >= 15 is 0 Å². The number of carbonyl (C=O) groups is 1. The van der Waals surface area contributed by atoms with Gasteiger partial charge < -0.3 is 25.4 Å². The molecule has 0 aliphatic carbocycles. The van der Waals surface area contributed by atoms with E-state index in [4.69, 9.17) is 10.5 Å². The predicted molar refractivity (Wildman–Crippen MR) is 96.4 cm³/mol. The molecule has 3 heterocycles. The minimum absolute atomic E-state index is 0.0884. The highest BCUT2D eigenvalue weighted by Crippen LogP contribution is 2.36. The second kappa shape index (κ2) is 6.95. The lowest BCUT2D eigenvalue weighted by Gasteiger charge is -2.39. The Balaban J connectivity index is 1.40. The number of nitrogens with two attached hydrogens (primary N) is 1. The molecule has 1 aromatic rings. The van der Waals surface area contributed by atoms with E-state index in [0.717, 1.165) is 32.2 Å². The maximum atomic E-state index is 14.2. The molecule has 6 nitrogen and oxygen atoms in total. The molecule has 3 aliphatic rings. The Hall–Kier alpha value is -2.02. The number of amides is 1. The predicted octanol–water partition coefficient (Wildman–Crippen LogP) is 2.50. The Labute approximate surface area is 152 Å². The number of rotatable bonds is 2. The first-order valence-electron chi connectivity index (χ1n) is 9.48. The van der Waals surface area contributed by atoms with Crippen LogP contribution in [0.1, 0.15) is 38.5 Å². The van der Waals surface area contributed by atoms with Gasteiger partial charge in [0.05, 0.1) is 18.3 Å². The molecule has 3 atom stereocenters. The minimum atomic E-state index is -0.347. The van der Waals surface area contributed by atoms with Gasteiger partial charge in [0.2, 0.25) is 0 Å². The average molecular weight is 363 g/mol. The van der Waals surface area contributed by atoms with E-state index < -0.39 is 0 Å². The van der Waals surface area contributed by atoms with Crippen molar-refractivity contribution >= 4 is 17.5 Å². The fraction of sp³-hybridized carbons (Fsp3) is 0.632. The molecule has 3 aliphatic heterocycles. The fourth-order valence-electron chi connectivity index (χ4n) is 4.68. The first-order valence-corrected chi connectivity index (χ1v) is 9.48. The molecule has 3 N–H and O–H groups in total. The summed E-state index contributed by atoms with van der Waals surface area (Å²) in [4.78, 5) is 16.5. The van der Waals surface area contributed by atoms with Crippen molar-refractivity contribution < 1.29 is 19.0 Å². The number of aliphatic hydroxyl groups excluding tert-OH is 1. The molecule has 4 rings (SSSR count). The van der Waals surface area contributed by atoms with Gasteiger partial charge >= 0.3 is 6.09 Å². The monoisotopic (exact) mass is 363 g/mol. The van der Waals surface area contributed by atoms with Crippen molar-refractivity contribution in [3.63, 3.8) is 0 Å². The average Bonchev–Trinajstić information content (AvgIpc) is 2.87. The van der Waals surface area contributed by atoms with Gasteiger partial charge in [0.25, 0.3) is 0 Å². The highest BCUT2D eigenvalue weighted by molar-refractivity contribution is 5.69.